The molecule has 10 heteroatoms. The maximum Gasteiger partial charge on any atom is 0.261 e. The number of nitrogens with zero attached hydrogens (tertiary/aromatic N) is 1. The number of hydrogen-bond donors (Lipinski definition) is 2. The fraction of sp³-hybridized carbons (Fsp3) is 0.269. The van der Waals surface area contributed by atoms with Gasteiger partial charge in [0.05, 0.1) is 9.79 Å². The maximum atomic E-state index is 13.0. The molecule has 0 aromatic heterocycles. The van der Waals surface area contributed by atoms with Crippen molar-refractivity contribution in [2.45, 2.75) is 42.9 Å². The lowest BCUT2D eigenvalue weighted by Gasteiger charge is -2.26. The van der Waals surface area contributed by atoms with Gasteiger partial charge in [-0.2, -0.15) is 4.31 Å². The normalized spacial score (nSPS) is 14.8. The minimum absolute atomic E-state index is 0.0489. The van der Waals surface area contributed by atoms with Crippen LogP contribution in [0.4, 0.5) is 11.4 Å². The van der Waals surface area contributed by atoms with E-state index in [9.17, 15) is 21.6 Å². The number of hydrogen-bond acceptors (Lipinski definition) is 5. The van der Waals surface area contributed by atoms with Crippen LogP contribution in [0.1, 0.15) is 40.7 Å². The number of nitrogens with one attached hydrogen (secondary N) is 2. The van der Waals surface area contributed by atoms with Crippen LogP contribution in [0.15, 0.2) is 76.5 Å². The molecule has 2 N–H and O–H groups in total. The molecule has 190 valence electrons. The van der Waals surface area contributed by atoms with Crippen LogP contribution in [0, 0.1) is 13.8 Å². The van der Waals surface area contributed by atoms with Crippen molar-refractivity contribution >= 4 is 37.3 Å². The summed E-state index contributed by atoms with van der Waals surface area (Å²) in [4.78, 5) is 13.1. The molecule has 3 aromatic rings. The van der Waals surface area contributed by atoms with Gasteiger partial charge in [0.2, 0.25) is 10.0 Å². The average Bonchev–Trinajstić information content (AvgIpc) is 2.85. The van der Waals surface area contributed by atoms with Gasteiger partial charge < -0.3 is 5.32 Å². The van der Waals surface area contributed by atoms with Crippen LogP contribution < -0.4 is 10.0 Å². The lowest BCUT2D eigenvalue weighted by atomic mass is 10.1. The molecule has 1 aliphatic heterocycles. The van der Waals surface area contributed by atoms with Crippen LogP contribution >= 0.6 is 0 Å². The zero-order valence-electron chi connectivity index (χ0n) is 20.2. The third kappa shape index (κ3) is 5.77. The van der Waals surface area contributed by atoms with E-state index in [1.54, 1.807) is 31.2 Å². The molecule has 0 aliphatic carbocycles. The average molecular weight is 528 g/mol. The Balaban J connectivity index is 1.50. The zero-order valence-corrected chi connectivity index (χ0v) is 21.8. The Morgan fingerprint density at radius 1 is 0.778 bits per heavy atom. The van der Waals surface area contributed by atoms with Crippen molar-refractivity contribution in [1.82, 2.24) is 4.31 Å². The minimum Gasteiger partial charge on any atom is -0.322 e. The lowest BCUT2D eigenvalue weighted by Crippen LogP contribution is -2.35. The number of piperidine rings is 1. The molecule has 1 fully saturated rings. The molecule has 0 atom stereocenters. The standard InChI is InChI=1S/C26H29N3O5S2/c1-19-7-6-8-22(17-19)28-35(31,32)23-13-10-21(11-14-23)27-26(30)25-18-24(12-9-20(25)2)36(33,34)29-15-4-3-5-16-29/h6-14,17-18,28H,3-5,15-16H2,1-2H3,(H,27,30). The van der Waals surface area contributed by atoms with Gasteiger partial charge in [-0.1, -0.05) is 24.6 Å². The molecule has 0 saturated carbocycles. The maximum absolute atomic E-state index is 13.0. The summed E-state index contributed by atoms with van der Waals surface area (Å²) in [5.74, 6) is -0.475. The van der Waals surface area contributed by atoms with Gasteiger partial charge in [0.15, 0.2) is 0 Å². The number of carbonyl (C=O) groups is 1. The van der Waals surface area contributed by atoms with E-state index in [2.05, 4.69) is 10.0 Å². The molecule has 1 heterocycles. The number of rotatable bonds is 7. The first-order valence-electron chi connectivity index (χ1n) is 11.7. The van der Waals surface area contributed by atoms with Crippen molar-refractivity contribution < 1.29 is 21.6 Å². The van der Waals surface area contributed by atoms with Crippen molar-refractivity contribution in [3.8, 4) is 0 Å². The lowest BCUT2D eigenvalue weighted by molar-refractivity contribution is 0.102. The van der Waals surface area contributed by atoms with Gasteiger partial charge in [-0.05, 0) is 86.3 Å². The Morgan fingerprint density at radius 3 is 2.11 bits per heavy atom. The fourth-order valence-corrected chi connectivity index (χ4v) is 6.69. The van der Waals surface area contributed by atoms with E-state index in [1.807, 2.05) is 13.0 Å². The van der Waals surface area contributed by atoms with E-state index in [1.165, 1.54) is 40.7 Å². The van der Waals surface area contributed by atoms with Crippen LogP contribution in [-0.4, -0.2) is 40.1 Å². The van der Waals surface area contributed by atoms with E-state index in [-0.39, 0.29) is 15.4 Å². The number of carbonyl (C=O) groups excluding carboxylic acids is 1. The van der Waals surface area contributed by atoms with E-state index in [0.717, 1.165) is 24.8 Å². The molecular weight excluding hydrogens is 498 g/mol. The fourth-order valence-electron chi connectivity index (χ4n) is 4.10. The largest absolute Gasteiger partial charge is 0.322 e. The molecule has 0 bridgehead atoms. The van der Waals surface area contributed by atoms with E-state index in [4.69, 9.17) is 0 Å². The summed E-state index contributed by atoms with van der Waals surface area (Å²) in [6.07, 6.45) is 2.66. The molecular formula is C26H29N3O5S2. The molecule has 0 unspecified atom stereocenters. The Bertz CT molecular complexity index is 1480. The quantitative estimate of drug-likeness (QED) is 0.469. The number of benzene rings is 3. The van der Waals surface area contributed by atoms with Gasteiger partial charge in [0.25, 0.3) is 15.9 Å². The summed E-state index contributed by atoms with van der Waals surface area (Å²) < 4.78 is 55.5. The monoisotopic (exact) mass is 527 g/mol. The molecule has 0 radical (unpaired) electrons. The first-order chi connectivity index (χ1) is 17.1. The van der Waals surface area contributed by atoms with Crippen molar-refractivity contribution in [3.63, 3.8) is 0 Å². The Kier molecular flexibility index (Phi) is 7.49. The van der Waals surface area contributed by atoms with Gasteiger partial charge in [-0.15, -0.1) is 0 Å². The smallest absolute Gasteiger partial charge is 0.261 e. The number of sulfonamides is 2. The van der Waals surface area contributed by atoms with Crippen molar-refractivity contribution in [3.05, 3.63) is 83.4 Å². The number of amides is 1. The Labute approximate surface area is 212 Å². The van der Waals surface area contributed by atoms with Crippen LogP contribution in [0.3, 0.4) is 0 Å². The van der Waals surface area contributed by atoms with Crippen molar-refractivity contribution in [2.24, 2.45) is 0 Å². The molecule has 3 aromatic carbocycles. The summed E-state index contributed by atoms with van der Waals surface area (Å²) in [5.41, 5.74) is 2.65. The van der Waals surface area contributed by atoms with Gasteiger partial charge in [0.1, 0.15) is 0 Å². The highest BCUT2D eigenvalue weighted by Crippen LogP contribution is 2.24. The third-order valence-corrected chi connectivity index (χ3v) is 9.39. The van der Waals surface area contributed by atoms with Crippen molar-refractivity contribution in [2.75, 3.05) is 23.1 Å². The summed E-state index contributed by atoms with van der Waals surface area (Å²) in [5, 5.41) is 2.73. The second-order valence-electron chi connectivity index (χ2n) is 8.89. The molecule has 1 amide bonds. The highest BCUT2D eigenvalue weighted by Gasteiger charge is 2.27. The predicted octanol–water partition coefficient (Wildman–Crippen LogP) is 4.53. The third-order valence-electron chi connectivity index (χ3n) is 6.10. The SMILES string of the molecule is Cc1cccc(NS(=O)(=O)c2ccc(NC(=O)c3cc(S(=O)(=O)N4CCCCC4)ccc3C)cc2)c1. The first-order valence-corrected chi connectivity index (χ1v) is 14.6. The van der Waals surface area contributed by atoms with E-state index >= 15 is 0 Å². The molecule has 36 heavy (non-hydrogen) atoms. The topological polar surface area (TPSA) is 113 Å². The second kappa shape index (κ2) is 10.4. The molecule has 1 aliphatic rings. The van der Waals surface area contributed by atoms with Crippen LogP contribution in [0.2, 0.25) is 0 Å². The number of aryl methyl sites for hydroxylation is 2. The van der Waals surface area contributed by atoms with Gasteiger partial charge in [-0.25, -0.2) is 16.8 Å². The van der Waals surface area contributed by atoms with Gasteiger partial charge in [0, 0.05) is 30.0 Å². The second-order valence-corrected chi connectivity index (χ2v) is 12.5. The van der Waals surface area contributed by atoms with E-state index in [0.29, 0.717) is 30.0 Å². The van der Waals surface area contributed by atoms with Gasteiger partial charge >= 0.3 is 0 Å². The Morgan fingerprint density at radius 2 is 1.44 bits per heavy atom. The van der Waals surface area contributed by atoms with Crippen LogP contribution in [0.5, 0.6) is 0 Å². The zero-order chi connectivity index (χ0) is 25.9. The first kappa shape index (κ1) is 25.9. The van der Waals surface area contributed by atoms with Gasteiger partial charge in [-0.3, -0.25) is 9.52 Å². The van der Waals surface area contributed by atoms with E-state index < -0.39 is 26.0 Å². The minimum atomic E-state index is -3.80. The van der Waals surface area contributed by atoms with Crippen molar-refractivity contribution in [1.29, 1.82) is 0 Å². The summed E-state index contributed by atoms with van der Waals surface area (Å²) in [6, 6.07) is 17.4. The summed E-state index contributed by atoms with van der Waals surface area (Å²) in [6.45, 7) is 4.56. The number of anilines is 2. The molecule has 0 spiro atoms. The highest BCUT2D eigenvalue weighted by molar-refractivity contribution is 7.92. The highest BCUT2D eigenvalue weighted by atomic mass is 32.2. The molecule has 8 nitrogen and oxygen atoms in total. The van der Waals surface area contributed by atoms with Crippen LogP contribution in [-0.2, 0) is 20.0 Å². The molecule has 1 saturated heterocycles. The summed E-state index contributed by atoms with van der Waals surface area (Å²) >= 11 is 0. The van der Waals surface area contributed by atoms with Crippen LogP contribution in [0.25, 0.3) is 0 Å². The molecule has 4 rings (SSSR count). The predicted molar refractivity (Wildman–Crippen MR) is 140 cm³/mol. The Hall–Kier alpha value is -3.21. The summed E-state index contributed by atoms with van der Waals surface area (Å²) in [7, 11) is -7.48.